The lowest BCUT2D eigenvalue weighted by atomic mass is 10.2. The first-order valence-corrected chi connectivity index (χ1v) is 10.5. The summed E-state index contributed by atoms with van der Waals surface area (Å²) in [6, 6.07) is 10.6. The zero-order chi connectivity index (χ0) is 21.2. The van der Waals surface area contributed by atoms with E-state index in [1.807, 2.05) is 0 Å². The van der Waals surface area contributed by atoms with Crippen LogP contribution in [0.25, 0.3) is 11.5 Å². The van der Waals surface area contributed by atoms with Crippen LogP contribution in [0.15, 0.2) is 51.8 Å². The molecular weight excluding hydrogens is 418 g/mol. The minimum Gasteiger partial charge on any atom is -0.496 e. The van der Waals surface area contributed by atoms with Crippen molar-refractivity contribution in [1.29, 1.82) is 0 Å². The van der Waals surface area contributed by atoms with E-state index in [2.05, 4.69) is 15.5 Å². The molecule has 1 amide bonds. The van der Waals surface area contributed by atoms with Crippen molar-refractivity contribution >= 4 is 33.4 Å². The second-order valence-corrected chi connectivity index (χ2v) is 9.27. The van der Waals surface area contributed by atoms with Crippen LogP contribution in [-0.2, 0) is 9.84 Å². The molecule has 0 aliphatic rings. The van der Waals surface area contributed by atoms with Crippen LogP contribution in [0.5, 0.6) is 5.75 Å². The molecule has 3 aromatic rings. The molecule has 8 nitrogen and oxygen atoms in total. The average Bonchev–Trinajstić information content (AvgIpc) is 3.16. The van der Waals surface area contributed by atoms with Gasteiger partial charge in [-0.2, -0.15) is 0 Å². The van der Waals surface area contributed by atoms with Gasteiger partial charge in [0.1, 0.15) is 5.75 Å². The van der Waals surface area contributed by atoms with E-state index < -0.39 is 21.0 Å². The highest BCUT2D eigenvalue weighted by atomic mass is 35.5. The maximum absolute atomic E-state index is 12.5. The predicted molar refractivity (Wildman–Crippen MR) is 108 cm³/mol. The molecule has 0 saturated carbocycles. The second kappa shape index (κ2) is 8.22. The van der Waals surface area contributed by atoms with Gasteiger partial charge in [-0.3, -0.25) is 10.1 Å². The van der Waals surface area contributed by atoms with Gasteiger partial charge in [0.15, 0.2) is 9.84 Å². The second-order valence-electron chi connectivity index (χ2n) is 6.33. The molecule has 10 heteroatoms. The summed E-state index contributed by atoms with van der Waals surface area (Å²) in [5, 5.41) is 10.0. The van der Waals surface area contributed by atoms with E-state index in [1.165, 1.54) is 25.3 Å². The van der Waals surface area contributed by atoms with E-state index >= 15 is 0 Å². The fourth-order valence-corrected chi connectivity index (χ4v) is 3.70. The number of aromatic nitrogens is 2. The molecule has 152 valence electrons. The highest BCUT2D eigenvalue weighted by Gasteiger charge is 2.20. The Hall–Kier alpha value is -2.91. The average molecular weight is 436 g/mol. The Labute approximate surface area is 172 Å². The van der Waals surface area contributed by atoms with Crippen LogP contribution in [0, 0.1) is 0 Å². The van der Waals surface area contributed by atoms with E-state index in [0.717, 1.165) is 0 Å². The number of benzene rings is 2. The molecular formula is C19H18ClN3O5S. The lowest BCUT2D eigenvalue weighted by molar-refractivity contribution is 0.102. The molecule has 29 heavy (non-hydrogen) atoms. The SMILES string of the molecule is COc1ccc(Cl)cc1C(=O)Nc1nnc(-c2ccc(S(=O)(=O)C(C)C)cc2)o1. The van der Waals surface area contributed by atoms with Gasteiger partial charge in [-0.1, -0.05) is 16.7 Å². The molecule has 0 spiro atoms. The molecule has 2 aromatic carbocycles. The van der Waals surface area contributed by atoms with Gasteiger partial charge in [-0.15, -0.1) is 5.10 Å². The third-order valence-electron chi connectivity index (χ3n) is 4.10. The number of amides is 1. The number of anilines is 1. The molecule has 0 atom stereocenters. The molecule has 1 heterocycles. The van der Waals surface area contributed by atoms with Crippen molar-refractivity contribution in [2.24, 2.45) is 0 Å². The van der Waals surface area contributed by atoms with Gasteiger partial charge in [0.2, 0.25) is 5.89 Å². The summed E-state index contributed by atoms with van der Waals surface area (Å²) in [6.45, 7) is 3.23. The van der Waals surface area contributed by atoms with Crippen LogP contribution < -0.4 is 10.1 Å². The quantitative estimate of drug-likeness (QED) is 0.626. The summed E-state index contributed by atoms with van der Waals surface area (Å²) < 4.78 is 35.0. The summed E-state index contributed by atoms with van der Waals surface area (Å²) in [7, 11) is -1.94. The van der Waals surface area contributed by atoms with Gasteiger partial charge in [-0.05, 0) is 56.3 Å². The Kier molecular flexibility index (Phi) is 5.90. The number of rotatable bonds is 6. The van der Waals surface area contributed by atoms with Gasteiger partial charge in [0.25, 0.3) is 5.91 Å². The van der Waals surface area contributed by atoms with Gasteiger partial charge < -0.3 is 9.15 Å². The van der Waals surface area contributed by atoms with E-state index in [4.69, 9.17) is 20.8 Å². The predicted octanol–water partition coefficient (Wildman–Crippen LogP) is 3.83. The smallest absolute Gasteiger partial charge is 0.322 e. The number of hydrogen-bond acceptors (Lipinski definition) is 7. The van der Waals surface area contributed by atoms with E-state index in [0.29, 0.717) is 16.3 Å². The van der Waals surface area contributed by atoms with Crippen molar-refractivity contribution in [3.8, 4) is 17.2 Å². The first kappa shape index (κ1) is 20.8. The Morgan fingerprint density at radius 2 is 1.83 bits per heavy atom. The van der Waals surface area contributed by atoms with Gasteiger partial charge >= 0.3 is 6.01 Å². The summed E-state index contributed by atoms with van der Waals surface area (Å²) >= 11 is 5.94. The molecule has 3 rings (SSSR count). The standard InChI is InChI=1S/C19H18ClN3O5S/c1-11(2)29(25,26)14-7-4-12(5-8-14)18-22-23-19(28-18)21-17(24)15-10-13(20)6-9-16(15)27-3/h4-11H,1-3H3,(H,21,23,24). The lowest BCUT2D eigenvalue weighted by Gasteiger charge is -2.08. The van der Waals surface area contributed by atoms with Gasteiger partial charge in [-0.25, -0.2) is 8.42 Å². The number of halogens is 1. The Morgan fingerprint density at radius 3 is 2.45 bits per heavy atom. The number of carbonyl (C=O) groups is 1. The topological polar surface area (TPSA) is 111 Å². The van der Waals surface area contributed by atoms with Crippen LogP contribution in [0.4, 0.5) is 6.01 Å². The molecule has 0 radical (unpaired) electrons. The molecule has 0 fully saturated rings. The number of carbonyl (C=O) groups excluding carboxylic acids is 1. The van der Waals surface area contributed by atoms with Crippen molar-refractivity contribution < 1.29 is 22.4 Å². The largest absolute Gasteiger partial charge is 0.496 e. The first-order valence-electron chi connectivity index (χ1n) is 8.55. The molecule has 1 N–H and O–H groups in total. The van der Waals surface area contributed by atoms with Crippen molar-refractivity contribution in [3.63, 3.8) is 0 Å². The molecule has 1 aromatic heterocycles. The molecule has 0 unspecified atom stereocenters. The van der Waals surface area contributed by atoms with Crippen LogP contribution in [-0.4, -0.2) is 36.9 Å². The van der Waals surface area contributed by atoms with Crippen molar-refractivity contribution in [1.82, 2.24) is 10.2 Å². The number of methoxy groups -OCH3 is 1. The fourth-order valence-electron chi connectivity index (χ4n) is 2.47. The third kappa shape index (κ3) is 4.41. The summed E-state index contributed by atoms with van der Waals surface area (Å²) in [5.41, 5.74) is 0.726. The maximum atomic E-state index is 12.5. The van der Waals surface area contributed by atoms with Crippen LogP contribution in [0.2, 0.25) is 5.02 Å². The zero-order valence-electron chi connectivity index (χ0n) is 15.8. The van der Waals surface area contributed by atoms with E-state index in [1.54, 1.807) is 38.1 Å². The minimum atomic E-state index is -3.37. The number of sulfone groups is 1. The molecule has 0 bridgehead atoms. The monoisotopic (exact) mass is 435 g/mol. The highest BCUT2D eigenvalue weighted by Crippen LogP contribution is 2.26. The number of ether oxygens (including phenoxy) is 1. The van der Waals surface area contributed by atoms with Gasteiger partial charge in [0.05, 0.1) is 22.8 Å². The molecule has 0 aliphatic heterocycles. The van der Waals surface area contributed by atoms with Crippen molar-refractivity contribution in [2.75, 3.05) is 12.4 Å². The Bertz CT molecular complexity index is 1140. The normalized spacial score (nSPS) is 11.5. The number of nitrogens with zero attached hydrogens (tertiary/aromatic N) is 2. The first-order chi connectivity index (χ1) is 13.7. The lowest BCUT2D eigenvalue weighted by Crippen LogP contribution is -2.13. The maximum Gasteiger partial charge on any atom is 0.322 e. The minimum absolute atomic E-state index is 0.120. The number of nitrogens with one attached hydrogen (secondary N) is 1. The summed E-state index contributed by atoms with van der Waals surface area (Å²) in [5.74, 6) is -0.0571. The molecule has 0 aliphatic carbocycles. The van der Waals surface area contributed by atoms with Crippen LogP contribution in [0.3, 0.4) is 0 Å². The summed E-state index contributed by atoms with van der Waals surface area (Å²) in [6.07, 6.45) is 0. The van der Waals surface area contributed by atoms with Crippen molar-refractivity contribution in [2.45, 2.75) is 24.0 Å². The van der Waals surface area contributed by atoms with Crippen molar-refractivity contribution in [3.05, 3.63) is 53.1 Å². The fraction of sp³-hybridized carbons (Fsp3) is 0.211. The Morgan fingerprint density at radius 1 is 1.14 bits per heavy atom. The number of hydrogen-bond donors (Lipinski definition) is 1. The van der Waals surface area contributed by atoms with E-state index in [-0.39, 0.29) is 22.4 Å². The molecule has 0 saturated heterocycles. The third-order valence-corrected chi connectivity index (χ3v) is 6.51. The van der Waals surface area contributed by atoms with Gasteiger partial charge in [0, 0.05) is 10.6 Å². The highest BCUT2D eigenvalue weighted by molar-refractivity contribution is 7.92. The summed E-state index contributed by atoms with van der Waals surface area (Å²) in [4.78, 5) is 12.7. The Balaban J connectivity index is 1.79. The van der Waals surface area contributed by atoms with Crippen LogP contribution >= 0.6 is 11.6 Å². The van der Waals surface area contributed by atoms with Crippen LogP contribution in [0.1, 0.15) is 24.2 Å². The zero-order valence-corrected chi connectivity index (χ0v) is 17.4. The van der Waals surface area contributed by atoms with E-state index in [9.17, 15) is 13.2 Å².